The smallest absolute Gasteiger partial charge is 0.251 e. The molecule has 2 aromatic rings. The molecule has 104 valence electrons. The molecule has 8 heteroatoms. The summed E-state index contributed by atoms with van der Waals surface area (Å²) in [5.41, 5.74) is 0.247. The van der Waals surface area contributed by atoms with Crippen LogP contribution in [0.4, 0.5) is 0 Å². The maximum absolute atomic E-state index is 12.1. The number of halogens is 2. The zero-order valence-electron chi connectivity index (χ0n) is 10.4. The third-order valence-electron chi connectivity index (χ3n) is 3.34. The summed E-state index contributed by atoms with van der Waals surface area (Å²) < 4.78 is 1.79. The molecule has 0 unspecified atom stereocenters. The molecule has 0 bridgehead atoms. The highest BCUT2D eigenvalue weighted by molar-refractivity contribution is 6.33. The Morgan fingerprint density at radius 3 is 2.60 bits per heavy atom. The van der Waals surface area contributed by atoms with Crippen LogP contribution in [-0.2, 0) is 5.54 Å². The van der Waals surface area contributed by atoms with Gasteiger partial charge in [0.05, 0.1) is 11.7 Å². The molecule has 1 saturated carbocycles. The van der Waals surface area contributed by atoms with Crippen LogP contribution in [0, 0.1) is 0 Å². The molecule has 0 atom stereocenters. The van der Waals surface area contributed by atoms with E-state index >= 15 is 0 Å². The van der Waals surface area contributed by atoms with E-state index in [0.29, 0.717) is 12.1 Å². The first-order valence-corrected chi connectivity index (χ1v) is 6.83. The van der Waals surface area contributed by atoms with Crippen molar-refractivity contribution in [3.8, 4) is 0 Å². The van der Waals surface area contributed by atoms with E-state index in [1.165, 1.54) is 12.1 Å². The highest BCUT2D eigenvalue weighted by atomic mass is 35.5. The first-order chi connectivity index (χ1) is 9.59. The zero-order chi connectivity index (χ0) is 14.2. The number of carbonyl (C=O) groups is 1. The summed E-state index contributed by atoms with van der Waals surface area (Å²) in [6.45, 7) is 0.493. The normalized spacial score (nSPS) is 15.9. The fraction of sp³-hybridized carbons (Fsp3) is 0.333. The van der Waals surface area contributed by atoms with Gasteiger partial charge in [-0.2, -0.15) is 0 Å². The maximum Gasteiger partial charge on any atom is 0.251 e. The lowest BCUT2D eigenvalue weighted by molar-refractivity contribution is 0.0944. The van der Waals surface area contributed by atoms with Crippen molar-refractivity contribution < 1.29 is 4.79 Å². The predicted octanol–water partition coefficient (Wildman–Crippen LogP) is 1.90. The number of carbonyl (C=O) groups excluding carboxylic acids is 1. The Bertz CT molecular complexity index is 619. The predicted molar refractivity (Wildman–Crippen MR) is 73.8 cm³/mol. The highest BCUT2D eigenvalue weighted by Crippen LogP contribution is 2.42. The molecule has 0 radical (unpaired) electrons. The van der Waals surface area contributed by atoms with Crippen molar-refractivity contribution in [1.82, 2.24) is 25.3 Å². The average molecular weight is 312 g/mol. The van der Waals surface area contributed by atoms with E-state index in [1.807, 2.05) is 0 Å². The Morgan fingerprint density at radius 2 is 2.05 bits per heavy atom. The van der Waals surface area contributed by atoms with Crippen LogP contribution in [0.3, 0.4) is 0 Å². The van der Waals surface area contributed by atoms with Gasteiger partial charge in [-0.15, -0.1) is 5.10 Å². The van der Waals surface area contributed by atoms with Gasteiger partial charge in [0, 0.05) is 18.3 Å². The largest absolute Gasteiger partial charge is 0.350 e. The van der Waals surface area contributed by atoms with Crippen molar-refractivity contribution in [3.05, 3.63) is 40.4 Å². The molecule has 1 amide bonds. The van der Waals surface area contributed by atoms with Gasteiger partial charge in [0.2, 0.25) is 0 Å². The molecule has 0 aliphatic heterocycles. The molecule has 1 fully saturated rings. The van der Waals surface area contributed by atoms with E-state index in [4.69, 9.17) is 23.2 Å². The summed E-state index contributed by atoms with van der Waals surface area (Å²) in [5.74, 6) is -0.234. The molecule has 1 aliphatic rings. The molecule has 0 saturated heterocycles. The number of nitrogens with one attached hydrogen (secondary N) is 1. The minimum absolute atomic E-state index is 0.146. The first kappa shape index (κ1) is 13.3. The van der Waals surface area contributed by atoms with Gasteiger partial charge in [-0.3, -0.25) is 4.79 Å². The van der Waals surface area contributed by atoms with Crippen molar-refractivity contribution in [2.45, 2.75) is 18.4 Å². The molecule has 2 heterocycles. The third kappa shape index (κ3) is 2.62. The van der Waals surface area contributed by atoms with Gasteiger partial charge in [0.25, 0.3) is 5.91 Å². The minimum atomic E-state index is -0.234. The van der Waals surface area contributed by atoms with Crippen LogP contribution in [0.2, 0.25) is 10.3 Å². The molecule has 3 rings (SSSR count). The monoisotopic (exact) mass is 311 g/mol. The van der Waals surface area contributed by atoms with Crippen molar-refractivity contribution in [2.75, 3.05) is 6.54 Å². The fourth-order valence-electron chi connectivity index (χ4n) is 2.04. The lowest BCUT2D eigenvalue weighted by Crippen LogP contribution is -2.36. The van der Waals surface area contributed by atoms with Crippen LogP contribution in [0.15, 0.2) is 24.5 Å². The van der Waals surface area contributed by atoms with Crippen LogP contribution in [0.5, 0.6) is 0 Å². The quantitative estimate of drug-likeness (QED) is 0.875. The van der Waals surface area contributed by atoms with E-state index in [2.05, 4.69) is 20.6 Å². The number of aromatic nitrogens is 4. The van der Waals surface area contributed by atoms with Gasteiger partial charge in [0.15, 0.2) is 0 Å². The van der Waals surface area contributed by atoms with E-state index < -0.39 is 0 Å². The van der Waals surface area contributed by atoms with E-state index in [1.54, 1.807) is 17.1 Å². The molecule has 6 nitrogen and oxygen atoms in total. The van der Waals surface area contributed by atoms with Gasteiger partial charge in [-0.05, 0) is 25.0 Å². The van der Waals surface area contributed by atoms with E-state index in [0.717, 1.165) is 12.8 Å². The van der Waals surface area contributed by atoms with Crippen LogP contribution in [0.1, 0.15) is 23.2 Å². The minimum Gasteiger partial charge on any atom is -0.350 e. The van der Waals surface area contributed by atoms with E-state index in [-0.39, 0.29) is 21.8 Å². The van der Waals surface area contributed by atoms with Crippen LogP contribution in [0.25, 0.3) is 0 Å². The zero-order valence-corrected chi connectivity index (χ0v) is 11.9. The second kappa shape index (κ2) is 5.03. The summed E-state index contributed by atoms with van der Waals surface area (Å²) in [6, 6.07) is 2.97. The SMILES string of the molecule is O=C(NCC1(n2ccnn2)CC1)c1cc(Cl)nc(Cl)c1. The lowest BCUT2D eigenvalue weighted by atomic mass is 10.2. The van der Waals surface area contributed by atoms with Gasteiger partial charge in [-0.25, -0.2) is 9.67 Å². The molecular formula is C12H11Cl2N5O. The molecular weight excluding hydrogens is 301 g/mol. The van der Waals surface area contributed by atoms with E-state index in [9.17, 15) is 4.79 Å². The molecule has 1 N–H and O–H groups in total. The molecule has 1 aliphatic carbocycles. The summed E-state index contributed by atoms with van der Waals surface area (Å²) in [5, 5.41) is 11.0. The molecule has 20 heavy (non-hydrogen) atoms. The molecule has 2 aromatic heterocycles. The van der Waals surface area contributed by atoms with Crippen molar-refractivity contribution in [3.63, 3.8) is 0 Å². The summed E-state index contributed by atoms with van der Waals surface area (Å²) in [6.07, 6.45) is 5.37. The van der Waals surface area contributed by atoms with Gasteiger partial charge in [-0.1, -0.05) is 28.4 Å². The number of hydrogen-bond acceptors (Lipinski definition) is 4. The first-order valence-electron chi connectivity index (χ1n) is 6.07. The number of hydrogen-bond donors (Lipinski definition) is 1. The Morgan fingerprint density at radius 1 is 1.35 bits per heavy atom. The lowest BCUT2D eigenvalue weighted by Gasteiger charge is -2.16. The van der Waals surface area contributed by atoms with Crippen LogP contribution >= 0.6 is 23.2 Å². The Labute approximate surface area is 125 Å². The van der Waals surface area contributed by atoms with Crippen LogP contribution in [-0.4, -0.2) is 32.4 Å². The second-order valence-corrected chi connectivity index (χ2v) is 5.53. The second-order valence-electron chi connectivity index (χ2n) is 4.76. The number of nitrogens with zero attached hydrogens (tertiary/aromatic N) is 4. The summed E-state index contributed by atoms with van der Waals surface area (Å²) in [7, 11) is 0. The van der Waals surface area contributed by atoms with Gasteiger partial charge < -0.3 is 5.32 Å². The number of amides is 1. The third-order valence-corrected chi connectivity index (χ3v) is 3.73. The Kier molecular flexibility index (Phi) is 3.35. The average Bonchev–Trinajstić information content (AvgIpc) is 2.98. The van der Waals surface area contributed by atoms with Crippen molar-refractivity contribution in [2.24, 2.45) is 0 Å². The Hall–Kier alpha value is -1.66. The Balaban J connectivity index is 1.68. The van der Waals surface area contributed by atoms with Crippen molar-refractivity contribution in [1.29, 1.82) is 0 Å². The van der Waals surface area contributed by atoms with Gasteiger partial charge >= 0.3 is 0 Å². The topological polar surface area (TPSA) is 72.7 Å². The maximum atomic E-state index is 12.1. The standard InChI is InChI=1S/C12H11Cl2N5O/c13-9-5-8(6-10(14)17-9)11(20)15-7-12(1-2-12)19-4-3-16-18-19/h3-6H,1-2,7H2,(H,15,20). The summed E-state index contributed by atoms with van der Waals surface area (Å²) in [4.78, 5) is 15.9. The fourth-order valence-corrected chi connectivity index (χ4v) is 2.50. The number of pyridine rings is 1. The highest BCUT2D eigenvalue weighted by Gasteiger charge is 2.45. The molecule has 0 aromatic carbocycles. The van der Waals surface area contributed by atoms with Gasteiger partial charge in [0.1, 0.15) is 10.3 Å². The summed E-state index contributed by atoms with van der Waals surface area (Å²) >= 11 is 11.6. The number of rotatable bonds is 4. The molecule has 0 spiro atoms. The van der Waals surface area contributed by atoms with Crippen molar-refractivity contribution >= 4 is 29.1 Å². The van der Waals surface area contributed by atoms with Crippen LogP contribution < -0.4 is 5.32 Å².